The lowest BCUT2D eigenvalue weighted by atomic mass is 10.1. The van der Waals surface area contributed by atoms with Crippen LogP contribution in [0.1, 0.15) is 25.8 Å². The zero-order chi connectivity index (χ0) is 17.6. The van der Waals surface area contributed by atoms with Crippen LogP contribution in [0.2, 0.25) is 0 Å². The summed E-state index contributed by atoms with van der Waals surface area (Å²) in [5.74, 6) is -1.46. The summed E-state index contributed by atoms with van der Waals surface area (Å²) in [5.41, 5.74) is 0.550. The third-order valence-corrected chi connectivity index (χ3v) is 4.52. The molecule has 0 saturated carbocycles. The van der Waals surface area contributed by atoms with Gasteiger partial charge in [-0.05, 0) is 24.3 Å². The number of sulfonamides is 1. The number of nitrogens with one attached hydrogen (secondary N) is 1. The molecule has 1 rings (SSSR count). The molecule has 23 heavy (non-hydrogen) atoms. The summed E-state index contributed by atoms with van der Waals surface area (Å²) in [5, 5.41) is 19.6. The quantitative estimate of drug-likeness (QED) is 0.517. The number of carboxylic acids is 1. The van der Waals surface area contributed by atoms with Crippen LogP contribution in [-0.2, 0) is 21.2 Å². The van der Waals surface area contributed by atoms with Crippen LogP contribution in [-0.4, -0.2) is 36.2 Å². The highest BCUT2D eigenvalue weighted by Gasteiger charge is 2.24. The third-order valence-electron chi connectivity index (χ3n) is 3.13. The number of carbonyl (C=O) groups is 1. The minimum absolute atomic E-state index is 0.0356. The Morgan fingerprint density at radius 1 is 1.30 bits per heavy atom. The summed E-state index contributed by atoms with van der Waals surface area (Å²) in [4.78, 5) is 21.1. The van der Waals surface area contributed by atoms with Gasteiger partial charge < -0.3 is 5.11 Å². The number of benzene rings is 1. The first kappa shape index (κ1) is 19.0. The van der Waals surface area contributed by atoms with Crippen LogP contribution in [0.25, 0.3) is 0 Å². The number of hydrogen-bond acceptors (Lipinski definition) is 5. The summed E-state index contributed by atoms with van der Waals surface area (Å²) < 4.78 is 26.2. The molecule has 0 unspecified atom stereocenters. The van der Waals surface area contributed by atoms with Crippen LogP contribution in [0, 0.1) is 16.0 Å². The van der Waals surface area contributed by atoms with Gasteiger partial charge in [0.2, 0.25) is 10.0 Å². The smallest absolute Gasteiger partial charge is 0.321 e. The fraction of sp³-hybridized carbons (Fsp3) is 0.500. The minimum Gasteiger partial charge on any atom is -0.480 e. The summed E-state index contributed by atoms with van der Waals surface area (Å²) in [7, 11) is -3.76. The molecule has 1 atom stereocenters. The number of nitro benzene ring substituents is 1. The molecule has 1 aromatic rings. The van der Waals surface area contributed by atoms with Crippen LogP contribution in [0.3, 0.4) is 0 Å². The zero-order valence-electron chi connectivity index (χ0n) is 12.9. The van der Waals surface area contributed by atoms with Gasteiger partial charge in [0.25, 0.3) is 5.69 Å². The Morgan fingerprint density at radius 3 is 2.30 bits per heavy atom. The molecule has 0 aliphatic rings. The average Bonchev–Trinajstić information content (AvgIpc) is 2.44. The first-order valence-corrected chi connectivity index (χ1v) is 8.72. The second kappa shape index (κ2) is 8.02. The number of non-ortho nitro benzene ring substituents is 1. The molecule has 9 heteroatoms. The summed E-state index contributed by atoms with van der Waals surface area (Å²) in [6.07, 6.45) is 0.341. The number of rotatable bonds is 9. The van der Waals surface area contributed by atoms with E-state index < -0.39 is 27.0 Å². The Balaban J connectivity index is 2.67. The highest BCUT2D eigenvalue weighted by molar-refractivity contribution is 7.89. The molecule has 0 fully saturated rings. The number of nitrogens with zero attached hydrogens (tertiary/aromatic N) is 1. The summed E-state index contributed by atoms with van der Waals surface area (Å²) in [6, 6.07) is 4.41. The molecule has 2 N–H and O–H groups in total. The standard InChI is InChI=1S/C14H20N2O6S/c1-10(2)9-13(14(17)18)15-23(21,22)8-7-11-3-5-12(6-4-11)16(19)20/h3-6,10,13,15H,7-9H2,1-2H3,(H,17,18)/t13-/m0/s1. The molecule has 0 bridgehead atoms. The van der Waals surface area contributed by atoms with E-state index in [0.29, 0.717) is 5.56 Å². The van der Waals surface area contributed by atoms with Gasteiger partial charge in [-0.3, -0.25) is 14.9 Å². The maximum atomic E-state index is 12.0. The molecule has 0 heterocycles. The Morgan fingerprint density at radius 2 is 1.87 bits per heavy atom. The normalized spacial score (nSPS) is 13.0. The van der Waals surface area contributed by atoms with E-state index in [1.165, 1.54) is 24.3 Å². The molecule has 8 nitrogen and oxygen atoms in total. The molecule has 0 radical (unpaired) electrons. The van der Waals surface area contributed by atoms with E-state index in [1.807, 2.05) is 0 Å². The Labute approximate surface area is 134 Å². The number of carboxylic acid groups (broad SMARTS) is 1. The lowest BCUT2D eigenvalue weighted by Crippen LogP contribution is -2.42. The van der Waals surface area contributed by atoms with E-state index in [2.05, 4.69) is 4.72 Å². The van der Waals surface area contributed by atoms with Gasteiger partial charge in [0.1, 0.15) is 6.04 Å². The second-order valence-corrected chi connectivity index (χ2v) is 7.50. The van der Waals surface area contributed by atoms with Crippen molar-refractivity contribution >= 4 is 21.7 Å². The highest BCUT2D eigenvalue weighted by Crippen LogP contribution is 2.13. The maximum absolute atomic E-state index is 12.0. The van der Waals surface area contributed by atoms with Crippen molar-refractivity contribution in [3.8, 4) is 0 Å². The van der Waals surface area contributed by atoms with Gasteiger partial charge in [-0.2, -0.15) is 0 Å². The van der Waals surface area contributed by atoms with Gasteiger partial charge in [0.15, 0.2) is 0 Å². The van der Waals surface area contributed by atoms with Crippen molar-refractivity contribution < 1.29 is 23.2 Å². The van der Waals surface area contributed by atoms with Crippen molar-refractivity contribution in [2.45, 2.75) is 32.7 Å². The summed E-state index contributed by atoms with van der Waals surface area (Å²) in [6.45, 7) is 3.61. The van der Waals surface area contributed by atoms with E-state index >= 15 is 0 Å². The van der Waals surface area contributed by atoms with Crippen LogP contribution in [0.5, 0.6) is 0 Å². The topological polar surface area (TPSA) is 127 Å². The lowest BCUT2D eigenvalue weighted by Gasteiger charge is -2.16. The van der Waals surface area contributed by atoms with E-state index in [4.69, 9.17) is 5.11 Å². The van der Waals surface area contributed by atoms with E-state index in [-0.39, 0.29) is 30.2 Å². The fourth-order valence-electron chi connectivity index (χ4n) is 1.98. The van der Waals surface area contributed by atoms with E-state index in [9.17, 15) is 23.3 Å². The molecule has 0 aliphatic heterocycles. The maximum Gasteiger partial charge on any atom is 0.321 e. The van der Waals surface area contributed by atoms with Crippen molar-refractivity contribution in [2.75, 3.05) is 5.75 Å². The Kier molecular flexibility index (Phi) is 6.64. The number of hydrogen-bond donors (Lipinski definition) is 2. The van der Waals surface area contributed by atoms with E-state index in [0.717, 1.165) is 0 Å². The number of nitro groups is 1. The van der Waals surface area contributed by atoms with Crippen LogP contribution >= 0.6 is 0 Å². The number of aryl methyl sites for hydroxylation is 1. The molecular weight excluding hydrogens is 324 g/mol. The summed E-state index contributed by atoms with van der Waals surface area (Å²) >= 11 is 0. The molecule has 0 amide bonds. The largest absolute Gasteiger partial charge is 0.480 e. The van der Waals surface area contributed by atoms with Crippen LogP contribution in [0.15, 0.2) is 24.3 Å². The van der Waals surface area contributed by atoms with Gasteiger partial charge in [-0.15, -0.1) is 0 Å². The van der Waals surface area contributed by atoms with Gasteiger partial charge >= 0.3 is 5.97 Å². The molecule has 0 aromatic heterocycles. The van der Waals surface area contributed by atoms with Gasteiger partial charge in [-0.25, -0.2) is 13.1 Å². The van der Waals surface area contributed by atoms with Crippen molar-refractivity contribution in [2.24, 2.45) is 5.92 Å². The third kappa shape index (κ3) is 6.74. The Bertz CT molecular complexity index is 654. The van der Waals surface area contributed by atoms with Gasteiger partial charge in [0.05, 0.1) is 10.7 Å². The van der Waals surface area contributed by atoms with Crippen molar-refractivity contribution in [1.82, 2.24) is 4.72 Å². The van der Waals surface area contributed by atoms with E-state index in [1.54, 1.807) is 13.8 Å². The molecular formula is C14H20N2O6S. The first-order valence-electron chi connectivity index (χ1n) is 7.07. The SMILES string of the molecule is CC(C)C[C@H](NS(=O)(=O)CCc1ccc([N+](=O)[O-])cc1)C(=O)O. The second-order valence-electron chi connectivity index (χ2n) is 5.63. The molecule has 0 saturated heterocycles. The highest BCUT2D eigenvalue weighted by atomic mass is 32.2. The molecule has 0 aliphatic carbocycles. The van der Waals surface area contributed by atoms with Crippen LogP contribution < -0.4 is 4.72 Å². The molecule has 0 spiro atoms. The lowest BCUT2D eigenvalue weighted by molar-refractivity contribution is -0.384. The molecule has 128 valence electrons. The first-order chi connectivity index (χ1) is 10.6. The molecule has 1 aromatic carbocycles. The average molecular weight is 344 g/mol. The zero-order valence-corrected chi connectivity index (χ0v) is 13.7. The predicted octanol–water partition coefficient (Wildman–Crippen LogP) is 1.56. The van der Waals surface area contributed by atoms with Crippen LogP contribution in [0.4, 0.5) is 5.69 Å². The minimum atomic E-state index is -3.76. The Hall–Kier alpha value is -2.00. The van der Waals surface area contributed by atoms with Crippen molar-refractivity contribution in [1.29, 1.82) is 0 Å². The monoisotopic (exact) mass is 344 g/mol. The fourth-order valence-corrected chi connectivity index (χ4v) is 3.24. The van der Waals surface area contributed by atoms with Gasteiger partial charge in [0, 0.05) is 12.1 Å². The predicted molar refractivity (Wildman–Crippen MR) is 84.6 cm³/mol. The van der Waals surface area contributed by atoms with Crippen molar-refractivity contribution in [3.63, 3.8) is 0 Å². The number of aliphatic carboxylic acids is 1. The van der Waals surface area contributed by atoms with Crippen molar-refractivity contribution in [3.05, 3.63) is 39.9 Å². The van der Waals surface area contributed by atoms with Gasteiger partial charge in [-0.1, -0.05) is 26.0 Å².